The molecule has 94 valence electrons. The summed E-state index contributed by atoms with van der Waals surface area (Å²) in [7, 11) is -0.408. The van der Waals surface area contributed by atoms with Crippen molar-refractivity contribution in [3.8, 4) is 0 Å². The van der Waals surface area contributed by atoms with Crippen molar-refractivity contribution in [2.24, 2.45) is 0 Å². The largest absolute Gasteiger partial charge is 0.468 e. The number of thioether (sulfide) groups is 1. The van der Waals surface area contributed by atoms with Gasteiger partial charge in [-0.15, -0.1) is 0 Å². The first-order valence-electron chi connectivity index (χ1n) is 5.10. The van der Waals surface area contributed by atoms with Gasteiger partial charge in [0.05, 0.1) is 13.2 Å². The van der Waals surface area contributed by atoms with Gasteiger partial charge in [-0.25, -0.2) is 0 Å². The third-order valence-corrected chi connectivity index (χ3v) is 3.93. The van der Waals surface area contributed by atoms with Gasteiger partial charge in [-0.1, -0.05) is 11.8 Å². The number of ether oxygens (including phenoxy) is 1. The number of carbonyl (C=O) groups is 2. The van der Waals surface area contributed by atoms with Gasteiger partial charge in [-0.3, -0.25) is 9.59 Å². The van der Waals surface area contributed by atoms with Crippen LogP contribution in [0.1, 0.15) is 13.8 Å². The monoisotopic (exact) mass is 264 g/mol. The molecule has 0 aromatic heterocycles. The van der Waals surface area contributed by atoms with Crippen molar-refractivity contribution in [3.05, 3.63) is 0 Å². The smallest absolute Gasteiger partial charge is 0.321 e. The molecule has 6 heteroatoms. The Bertz CT molecular complexity index is 262. The van der Waals surface area contributed by atoms with Crippen molar-refractivity contribution < 1.29 is 18.8 Å². The topological polar surface area (TPSA) is 52.6 Å². The van der Waals surface area contributed by atoms with Crippen LogP contribution in [0.4, 0.5) is 0 Å². The lowest BCUT2D eigenvalue weighted by Crippen LogP contribution is -2.40. The minimum atomic E-state index is -1.73. The van der Waals surface area contributed by atoms with Crippen LogP contribution in [0.2, 0.25) is 19.6 Å². The molecule has 4 nitrogen and oxygen atoms in total. The van der Waals surface area contributed by atoms with E-state index in [1.54, 1.807) is 6.92 Å². The number of methoxy groups -OCH3 is 1. The summed E-state index contributed by atoms with van der Waals surface area (Å²) in [5.74, 6) is -0.411. The zero-order valence-electron chi connectivity index (χ0n) is 10.7. The second kappa shape index (κ2) is 6.41. The van der Waals surface area contributed by atoms with E-state index in [0.29, 0.717) is 0 Å². The average Bonchev–Trinajstić information content (AvgIpc) is 2.09. The van der Waals surface area contributed by atoms with Gasteiger partial charge in [-0.2, -0.15) is 0 Å². The normalized spacial score (nSPS) is 15.4. The fourth-order valence-electron chi connectivity index (χ4n) is 1.25. The Morgan fingerprint density at radius 1 is 1.25 bits per heavy atom. The zero-order chi connectivity index (χ0) is 12.9. The Hall–Kier alpha value is -0.333. The van der Waals surface area contributed by atoms with Gasteiger partial charge in [0.15, 0.2) is 13.4 Å². The second-order valence-corrected chi connectivity index (χ2v) is 10.3. The number of hydrogen-bond acceptors (Lipinski definition) is 5. The van der Waals surface area contributed by atoms with E-state index >= 15 is 0 Å². The molecule has 2 atom stereocenters. The molecule has 0 aromatic rings. The minimum absolute atomic E-state index is 0.110. The van der Waals surface area contributed by atoms with Crippen LogP contribution in [-0.4, -0.2) is 37.9 Å². The molecule has 0 heterocycles. The molecule has 0 bridgehead atoms. The van der Waals surface area contributed by atoms with Crippen LogP contribution in [-0.2, 0) is 18.8 Å². The number of carbonyl (C=O) groups excluding carboxylic acids is 2. The summed E-state index contributed by atoms with van der Waals surface area (Å²) in [6.07, 6.45) is -0.312. The van der Waals surface area contributed by atoms with Crippen LogP contribution < -0.4 is 0 Å². The maximum Gasteiger partial charge on any atom is 0.321 e. The molecule has 0 aliphatic heterocycles. The van der Waals surface area contributed by atoms with Gasteiger partial charge in [-0.05, 0) is 26.6 Å². The first-order chi connectivity index (χ1) is 7.17. The van der Waals surface area contributed by atoms with Gasteiger partial charge >= 0.3 is 5.97 Å². The summed E-state index contributed by atoms with van der Waals surface area (Å²) >= 11 is 0.965. The van der Waals surface area contributed by atoms with E-state index in [1.165, 1.54) is 14.0 Å². The van der Waals surface area contributed by atoms with Crippen molar-refractivity contribution in [2.75, 3.05) is 7.11 Å². The molecule has 0 spiro atoms. The Kier molecular flexibility index (Phi) is 6.28. The molecule has 0 amide bonds. The molecule has 0 saturated heterocycles. The molecular weight excluding hydrogens is 244 g/mol. The van der Waals surface area contributed by atoms with E-state index in [-0.39, 0.29) is 11.2 Å². The third-order valence-electron chi connectivity index (χ3n) is 1.69. The highest BCUT2D eigenvalue weighted by atomic mass is 32.2. The predicted molar refractivity (Wildman–Crippen MR) is 68.0 cm³/mol. The van der Waals surface area contributed by atoms with E-state index in [1.807, 2.05) is 19.6 Å². The van der Waals surface area contributed by atoms with E-state index in [2.05, 4.69) is 4.74 Å². The maximum atomic E-state index is 11.5. The highest BCUT2D eigenvalue weighted by Gasteiger charge is 2.32. The molecule has 0 fully saturated rings. The van der Waals surface area contributed by atoms with Gasteiger partial charge in [0.25, 0.3) is 0 Å². The number of hydrogen-bond donors (Lipinski definition) is 0. The summed E-state index contributed by atoms with van der Waals surface area (Å²) in [5, 5.41) is -0.685. The van der Waals surface area contributed by atoms with Gasteiger partial charge in [0, 0.05) is 6.92 Å². The lowest BCUT2D eigenvalue weighted by Gasteiger charge is -2.27. The van der Waals surface area contributed by atoms with E-state index in [4.69, 9.17) is 4.43 Å². The summed E-state index contributed by atoms with van der Waals surface area (Å²) < 4.78 is 10.5. The van der Waals surface area contributed by atoms with Gasteiger partial charge in [0.1, 0.15) is 5.25 Å². The number of rotatable bonds is 5. The van der Waals surface area contributed by atoms with E-state index in [9.17, 15) is 9.59 Å². The van der Waals surface area contributed by atoms with Crippen molar-refractivity contribution in [1.82, 2.24) is 0 Å². The summed E-state index contributed by atoms with van der Waals surface area (Å²) in [4.78, 5) is 22.6. The highest BCUT2D eigenvalue weighted by Crippen LogP contribution is 2.22. The summed E-state index contributed by atoms with van der Waals surface area (Å²) in [6.45, 7) is 9.35. The van der Waals surface area contributed by atoms with Gasteiger partial charge < -0.3 is 9.16 Å². The van der Waals surface area contributed by atoms with Crippen LogP contribution in [0.25, 0.3) is 0 Å². The second-order valence-electron chi connectivity index (χ2n) is 4.49. The highest BCUT2D eigenvalue weighted by molar-refractivity contribution is 8.14. The molecular formula is C10H20O4SSi. The van der Waals surface area contributed by atoms with Crippen molar-refractivity contribution in [2.45, 2.75) is 44.8 Å². The van der Waals surface area contributed by atoms with E-state index < -0.39 is 19.5 Å². The van der Waals surface area contributed by atoms with Crippen molar-refractivity contribution >= 4 is 31.2 Å². The minimum Gasteiger partial charge on any atom is -0.468 e. The van der Waals surface area contributed by atoms with Crippen molar-refractivity contribution in [1.29, 1.82) is 0 Å². The Morgan fingerprint density at radius 3 is 2.06 bits per heavy atom. The molecule has 16 heavy (non-hydrogen) atoms. The standard InChI is InChI=1S/C10H20O4SSi/c1-7(14-16(4,5)6)9(10(12)13-3)15-8(2)11/h7,9H,1-6H3/t7-,9-/m1/s1. The van der Waals surface area contributed by atoms with E-state index in [0.717, 1.165) is 11.8 Å². The molecule has 0 N–H and O–H groups in total. The van der Waals surface area contributed by atoms with Crippen LogP contribution in [0, 0.1) is 0 Å². The quantitative estimate of drug-likeness (QED) is 0.562. The zero-order valence-corrected chi connectivity index (χ0v) is 12.5. The fraction of sp³-hybridized carbons (Fsp3) is 0.800. The Balaban J connectivity index is 4.62. The van der Waals surface area contributed by atoms with Crippen LogP contribution in [0.3, 0.4) is 0 Å². The molecule has 0 unspecified atom stereocenters. The number of esters is 1. The predicted octanol–water partition coefficient (Wildman–Crippen LogP) is 2.05. The fourth-order valence-corrected chi connectivity index (χ4v) is 3.40. The average molecular weight is 264 g/mol. The lowest BCUT2D eigenvalue weighted by molar-refractivity contribution is -0.141. The SMILES string of the molecule is COC(=O)[C@H](SC(C)=O)[C@@H](C)O[Si](C)(C)C. The first kappa shape index (κ1) is 15.7. The Morgan fingerprint density at radius 2 is 1.75 bits per heavy atom. The summed E-state index contributed by atoms with van der Waals surface area (Å²) in [5.41, 5.74) is 0. The molecule has 0 aliphatic rings. The molecule has 0 aromatic carbocycles. The van der Waals surface area contributed by atoms with Crippen molar-refractivity contribution in [3.63, 3.8) is 0 Å². The first-order valence-corrected chi connectivity index (χ1v) is 9.39. The van der Waals surface area contributed by atoms with Crippen LogP contribution >= 0.6 is 11.8 Å². The van der Waals surface area contributed by atoms with Gasteiger partial charge in [0.2, 0.25) is 0 Å². The summed E-state index contributed by atoms with van der Waals surface area (Å²) in [6, 6.07) is 0. The van der Waals surface area contributed by atoms with Crippen LogP contribution in [0.5, 0.6) is 0 Å². The Labute approximate surface area is 102 Å². The molecule has 0 rings (SSSR count). The molecule has 0 aliphatic carbocycles. The lowest BCUT2D eigenvalue weighted by atomic mass is 10.3. The van der Waals surface area contributed by atoms with Crippen LogP contribution in [0.15, 0.2) is 0 Å². The molecule has 0 radical (unpaired) electrons. The maximum absolute atomic E-state index is 11.5. The molecule has 0 saturated carbocycles. The third kappa shape index (κ3) is 6.29.